The van der Waals surface area contributed by atoms with Crippen LogP contribution in [0.5, 0.6) is 0 Å². The van der Waals surface area contributed by atoms with Crippen molar-refractivity contribution in [1.82, 2.24) is 15.5 Å². The predicted octanol–water partition coefficient (Wildman–Crippen LogP) is 2.70. The van der Waals surface area contributed by atoms with Crippen molar-refractivity contribution in [3.05, 3.63) is 35.5 Å². The molecule has 1 aromatic carbocycles. The minimum absolute atomic E-state index is 0.0592. The SMILES string of the molecule is Fc1cc(-c2noc(CCC3CCNC3)n2)cc(F)c1F. The molecule has 1 atom stereocenters. The van der Waals surface area contributed by atoms with E-state index in [1.807, 2.05) is 0 Å². The second-order valence-electron chi connectivity index (χ2n) is 5.16. The molecule has 21 heavy (non-hydrogen) atoms. The fourth-order valence-electron chi connectivity index (χ4n) is 2.45. The van der Waals surface area contributed by atoms with Gasteiger partial charge in [0.15, 0.2) is 17.5 Å². The summed E-state index contributed by atoms with van der Waals surface area (Å²) in [6, 6.07) is 1.71. The van der Waals surface area contributed by atoms with Gasteiger partial charge in [-0.25, -0.2) is 13.2 Å². The molecule has 0 saturated carbocycles. The summed E-state index contributed by atoms with van der Waals surface area (Å²) in [4.78, 5) is 4.10. The molecule has 4 nitrogen and oxygen atoms in total. The molecule has 1 aliphatic rings. The minimum atomic E-state index is -1.50. The van der Waals surface area contributed by atoms with Gasteiger partial charge in [-0.15, -0.1) is 0 Å². The van der Waals surface area contributed by atoms with E-state index in [2.05, 4.69) is 15.5 Å². The third-order valence-electron chi connectivity index (χ3n) is 3.64. The van der Waals surface area contributed by atoms with Crippen molar-refractivity contribution in [2.24, 2.45) is 5.92 Å². The Hall–Kier alpha value is -1.89. The number of hydrogen-bond acceptors (Lipinski definition) is 4. The molecule has 3 rings (SSSR count). The highest BCUT2D eigenvalue weighted by Crippen LogP contribution is 2.22. The predicted molar refractivity (Wildman–Crippen MR) is 68.9 cm³/mol. The van der Waals surface area contributed by atoms with Crippen LogP contribution in [0.1, 0.15) is 18.7 Å². The van der Waals surface area contributed by atoms with Crippen LogP contribution < -0.4 is 5.32 Å². The molecule has 1 aliphatic heterocycles. The molecule has 7 heteroatoms. The first-order valence-electron chi connectivity index (χ1n) is 6.81. The molecular weight excluding hydrogens is 283 g/mol. The van der Waals surface area contributed by atoms with Crippen molar-refractivity contribution in [1.29, 1.82) is 0 Å². The second-order valence-corrected chi connectivity index (χ2v) is 5.16. The van der Waals surface area contributed by atoms with Crippen molar-refractivity contribution in [3.8, 4) is 11.4 Å². The Morgan fingerprint density at radius 2 is 2.00 bits per heavy atom. The lowest BCUT2D eigenvalue weighted by Crippen LogP contribution is -2.09. The van der Waals surface area contributed by atoms with Crippen LogP contribution in [0.15, 0.2) is 16.7 Å². The number of hydrogen-bond donors (Lipinski definition) is 1. The maximum Gasteiger partial charge on any atom is 0.226 e. The van der Waals surface area contributed by atoms with Gasteiger partial charge in [-0.05, 0) is 44.0 Å². The number of nitrogens with zero attached hydrogens (tertiary/aromatic N) is 2. The Kier molecular flexibility index (Phi) is 3.92. The molecule has 2 heterocycles. The molecule has 1 saturated heterocycles. The molecule has 1 N–H and O–H groups in total. The third kappa shape index (κ3) is 3.07. The monoisotopic (exact) mass is 297 g/mol. The fraction of sp³-hybridized carbons (Fsp3) is 0.429. The summed E-state index contributed by atoms with van der Waals surface area (Å²) < 4.78 is 44.3. The van der Waals surface area contributed by atoms with Gasteiger partial charge in [-0.1, -0.05) is 5.16 Å². The van der Waals surface area contributed by atoms with Crippen molar-refractivity contribution in [3.63, 3.8) is 0 Å². The van der Waals surface area contributed by atoms with Crippen LogP contribution in [0.4, 0.5) is 13.2 Å². The number of rotatable bonds is 4. The van der Waals surface area contributed by atoms with Crippen LogP contribution in [-0.4, -0.2) is 23.2 Å². The van der Waals surface area contributed by atoms with Gasteiger partial charge in [0.05, 0.1) is 0 Å². The Morgan fingerprint density at radius 3 is 2.67 bits per heavy atom. The Bertz CT molecular complexity index is 615. The minimum Gasteiger partial charge on any atom is -0.339 e. The average molecular weight is 297 g/mol. The Labute approximate surface area is 119 Å². The van der Waals surface area contributed by atoms with Crippen molar-refractivity contribution < 1.29 is 17.7 Å². The van der Waals surface area contributed by atoms with Gasteiger partial charge in [0.1, 0.15) is 0 Å². The van der Waals surface area contributed by atoms with Gasteiger partial charge in [0.25, 0.3) is 0 Å². The van der Waals surface area contributed by atoms with E-state index in [1.54, 1.807) is 0 Å². The molecule has 112 valence electrons. The summed E-state index contributed by atoms with van der Waals surface area (Å²) in [6.07, 6.45) is 2.65. The summed E-state index contributed by atoms with van der Waals surface area (Å²) in [7, 11) is 0. The van der Waals surface area contributed by atoms with Crippen molar-refractivity contribution >= 4 is 0 Å². The molecule has 0 spiro atoms. The second kappa shape index (κ2) is 5.85. The number of aryl methyl sites for hydroxylation is 1. The molecule has 0 amide bonds. The zero-order valence-corrected chi connectivity index (χ0v) is 11.2. The van der Waals surface area contributed by atoms with E-state index in [9.17, 15) is 13.2 Å². The highest BCUT2D eigenvalue weighted by molar-refractivity contribution is 5.54. The molecule has 1 unspecified atom stereocenters. The van der Waals surface area contributed by atoms with E-state index in [-0.39, 0.29) is 11.4 Å². The molecule has 0 bridgehead atoms. The van der Waals surface area contributed by atoms with E-state index >= 15 is 0 Å². The lowest BCUT2D eigenvalue weighted by atomic mass is 10.0. The van der Waals surface area contributed by atoms with Crippen LogP contribution in [0.2, 0.25) is 0 Å². The standard InChI is InChI=1S/C14H14F3N3O/c15-10-5-9(6-11(16)13(10)17)14-19-12(21-20-14)2-1-8-3-4-18-7-8/h5-6,8,18H,1-4,7H2. The zero-order chi connectivity index (χ0) is 14.8. The summed E-state index contributed by atoms with van der Waals surface area (Å²) in [6.45, 7) is 2.00. The maximum absolute atomic E-state index is 13.2. The third-order valence-corrected chi connectivity index (χ3v) is 3.64. The van der Waals surface area contributed by atoms with Gasteiger partial charge < -0.3 is 9.84 Å². The van der Waals surface area contributed by atoms with Gasteiger partial charge in [0.2, 0.25) is 11.7 Å². The first-order chi connectivity index (χ1) is 10.1. The Balaban J connectivity index is 1.72. The lowest BCUT2D eigenvalue weighted by molar-refractivity contribution is 0.365. The van der Waals surface area contributed by atoms with Crippen molar-refractivity contribution in [2.45, 2.75) is 19.3 Å². The van der Waals surface area contributed by atoms with E-state index in [4.69, 9.17) is 4.52 Å². The number of halogens is 3. The van der Waals surface area contributed by atoms with E-state index < -0.39 is 17.5 Å². The normalized spacial score (nSPS) is 18.3. The zero-order valence-electron chi connectivity index (χ0n) is 11.2. The van der Waals surface area contributed by atoms with Gasteiger partial charge in [0, 0.05) is 12.0 Å². The fourth-order valence-corrected chi connectivity index (χ4v) is 2.45. The number of nitrogens with one attached hydrogen (secondary N) is 1. The smallest absolute Gasteiger partial charge is 0.226 e. The lowest BCUT2D eigenvalue weighted by Gasteiger charge is -2.03. The van der Waals surface area contributed by atoms with Crippen LogP contribution in [0.3, 0.4) is 0 Å². The topological polar surface area (TPSA) is 51.0 Å². The van der Waals surface area contributed by atoms with Gasteiger partial charge in [-0.2, -0.15) is 4.98 Å². The van der Waals surface area contributed by atoms with Crippen LogP contribution >= 0.6 is 0 Å². The molecule has 0 aliphatic carbocycles. The molecule has 1 aromatic heterocycles. The largest absolute Gasteiger partial charge is 0.339 e. The van der Waals surface area contributed by atoms with E-state index in [0.29, 0.717) is 18.2 Å². The van der Waals surface area contributed by atoms with Crippen LogP contribution in [-0.2, 0) is 6.42 Å². The first-order valence-corrected chi connectivity index (χ1v) is 6.81. The summed E-state index contributed by atoms with van der Waals surface area (Å²) in [5.74, 6) is -2.98. The average Bonchev–Trinajstić information content (AvgIpc) is 3.13. The summed E-state index contributed by atoms with van der Waals surface area (Å²) >= 11 is 0. The highest BCUT2D eigenvalue weighted by Gasteiger charge is 2.18. The maximum atomic E-state index is 13.2. The highest BCUT2D eigenvalue weighted by atomic mass is 19.2. The molecule has 0 radical (unpaired) electrons. The van der Waals surface area contributed by atoms with Crippen molar-refractivity contribution in [2.75, 3.05) is 13.1 Å². The van der Waals surface area contributed by atoms with Crippen LogP contribution in [0.25, 0.3) is 11.4 Å². The molecular formula is C14H14F3N3O. The summed E-state index contributed by atoms with van der Waals surface area (Å²) in [5, 5.41) is 6.96. The van der Waals surface area contributed by atoms with E-state index in [0.717, 1.165) is 38.1 Å². The van der Waals surface area contributed by atoms with Gasteiger partial charge in [-0.3, -0.25) is 0 Å². The molecule has 2 aromatic rings. The Morgan fingerprint density at radius 1 is 1.24 bits per heavy atom. The number of aromatic nitrogens is 2. The first kappa shape index (κ1) is 14.1. The van der Waals surface area contributed by atoms with Gasteiger partial charge >= 0.3 is 0 Å². The van der Waals surface area contributed by atoms with Crippen LogP contribution in [0, 0.1) is 23.4 Å². The number of benzene rings is 1. The molecule has 1 fully saturated rings. The van der Waals surface area contributed by atoms with E-state index in [1.165, 1.54) is 0 Å². The quantitative estimate of drug-likeness (QED) is 0.882. The summed E-state index contributed by atoms with van der Waals surface area (Å²) in [5.41, 5.74) is 0.0592.